The molecule has 8 heteroatoms. The summed E-state index contributed by atoms with van der Waals surface area (Å²) in [7, 11) is -3.08. The van der Waals surface area contributed by atoms with Crippen LogP contribution in [0.5, 0.6) is 0 Å². The Hall–Kier alpha value is 0.140. The number of nitrogens with one attached hydrogen (secondary N) is 1. The molecule has 124 valence electrons. The van der Waals surface area contributed by atoms with Crippen molar-refractivity contribution >= 4 is 21.6 Å². The first-order chi connectivity index (χ1) is 10.0. The largest absolute Gasteiger partial charge is 0.390 e. The lowest BCUT2D eigenvalue weighted by molar-refractivity contribution is 0.0681. The van der Waals surface area contributed by atoms with E-state index >= 15 is 0 Å². The summed E-state index contributed by atoms with van der Waals surface area (Å²) in [5.74, 6) is 1.73. The van der Waals surface area contributed by atoms with Gasteiger partial charge in [-0.25, -0.2) is 8.42 Å². The Kier molecular flexibility index (Phi) is 6.77. The minimum atomic E-state index is -3.08. The minimum absolute atomic E-state index is 0.169. The summed E-state index contributed by atoms with van der Waals surface area (Å²) >= 11 is 1.69. The second-order valence-electron chi connectivity index (χ2n) is 5.68. The van der Waals surface area contributed by atoms with Crippen molar-refractivity contribution < 1.29 is 13.5 Å². The van der Waals surface area contributed by atoms with Gasteiger partial charge in [-0.05, 0) is 0 Å². The highest BCUT2D eigenvalue weighted by Crippen LogP contribution is 2.21. The molecule has 0 amide bonds. The van der Waals surface area contributed by atoms with Gasteiger partial charge in [0.05, 0.1) is 6.10 Å². The van der Waals surface area contributed by atoms with Crippen LogP contribution in [0.4, 0.5) is 0 Å². The van der Waals surface area contributed by atoms with Gasteiger partial charge in [-0.3, -0.25) is 9.80 Å². The second kappa shape index (κ2) is 8.12. The van der Waals surface area contributed by atoms with Crippen LogP contribution in [0, 0.1) is 0 Å². The van der Waals surface area contributed by atoms with Crippen molar-refractivity contribution in [1.82, 2.24) is 15.1 Å². The summed E-state index contributed by atoms with van der Waals surface area (Å²) in [6, 6.07) is 0. The number of aliphatic hydroxyl groups is 1. The molecule has 2 saturated heterocycles. The van der Waals surface area contributed by atoms with Crippen molar-refractivity contribution in [2.75, 3.05) is 63.1 Å². The van der Waals surface area contributed by atoms with Gasteiger partial charge >= 0.3 is 0 Å². The summed E-state index contributed by atoms with van der Waals surface area (Å²) in [4.78, 5) is 4.20. The van der Waals surface area contributed by atoms with E-state index in [1.807, 2.05) is 4.90 Å². The van der Waals surface area contributed by atoms with Gasteiger partial charge < -0.3 is 10.4 Å². The first-order valence-electron chi connectivity index (χ1n) is 7.67. The summed E-state index contributed by atoms with van der Waals surface area (Å²) in [5, 5.41) is 13.2. The monoisotopic (exact) mass is 337 g/mol. The predicted molar refractivity (Wildman–Crippen MR) is 87.5 cm³/mol. The molecule has 0 saturated carbocycles. The molecular weight excluding hydrogens is 310 g/mol. The third-order valence-electron chi connectivity index (χ3n) is 4.13. The summed E-state index contributed by atoms with van der Waals surface area (Å²) < 4.78 is 24.4. The second-order valence-corrected chi connectivity index (χ2v) is 9.28. The van der Waals surface area contributed by atoms with Gasteiger partial charge in [0.25, 0.3) is 0 Å². The molecule has 2 atom stereocenters. The zero-order valence-corrected chi connectivity index (χ0v) is 14.3. The van der Waals surface area contributed by atoms with Crippen LogP contribution in [0.25, 0.3) is 0 Å². The van der Waals surface area contributed by atoms with E-state index in [0.717, 1.165) is 38.5 Å². The van der Waals surface area contributed by atoms with Gasteiger partial charge in [0.1, 0.15) is 5.37 Å². The number of sulfone groups is 1. The maximum Gasteiger partial charge on any atom is 0.166 e. The van der Waals surface area contributed by atoms with E-state index in [0.29, 0.717) is 18.8 Å². The van der Waals surface area contributed by atoms with Gasteiger partial charge in [-0.2, -0.15) is 11.8 Å². The highest BCUT2D eigenvalue weighted by molar-refractivity contribution is 8.01. The number of aliphatic hydroxyl groups excluding tert-OH is 1. The smallest absolute Gasteiger partial charge is 0.166 e. The predicted octanol–water partition coefficient (Wildman–Crippen LogP) is -0.938. The van der Waals surface area contributed by atoms with Gasteiger partial charge in [0, 0.05) is 63.1 Å². The lowest BCUT2D eigenvalue weighted by Crippen LogP contribution is -2.53. The van der Waals surface area contributed by atoms with Crippen LogP contribution in [0.15, 0.2) is 0 Å². The lowest BCUT2D eigenvalue weighted by Gasteiger charge is -2.37. The maximum atomic E-state index is 12.2. The van der Waals surface area contributed by atoms with Gasteiger partial charge in [-0.1, -0.05) is 6.92 Å². The third-order valence-corrected chi connectivity index (χ3v) is 7.46. The topological polar surface area (TPSA) is 72.9 Å². The van der Waals surface area contributed by atoms with Gasteiger partial charge in [-0.15, -0.1) is 0 Å². The van der Waals surface area contributed by atoms with Crippen molar-refractivity contribution in [3.05, 3.63) is 0 Å². The highest BCUT2D eigenvalue weighted by atomic mass is 32.2. The number of β-amino-alcohol motifs (C(OH)–C–C–N with tert-alkyl or cyclic N) is 1. The zero-order chi connectivity index (χ0) is 15.3. The van der Waals surface area contributed by atoms with Crippen molar-refractivity contribution in [2.24, 2.45) is 0 Å². The highest BCUT2D eigenvalue weighted by Gasteiger charge is 2.33. The zero-order valence-electron chi connectivity index (χ0n) is 12.7. The Labute approximate surface area is 132 Å². The fourth-order valence-electron chi connectivity index (χ4n) is 2.87. The molecule has 2 N–H and O–H groups in total. The third kappa shape index (κ3) is 5.07. The lowest BCUT2D eigenvalue weighted by atomic mass is 10.2. The van der Waals surface area contributed by atoms with Crippen LogP contribution in [-0.2, 0) is 9.84 Å². The van der Waals surface area contributed by atoms with Crippen LogP contribution in [0.3, 0.4) is 0 Å². The summed E-state index contributed by atoms with van der Waals surface area (Å²) in [6.07, 6.45) is -0.485. The molecule has 2 rings (SSSR count). The average molecular weight is 338 g/mol. The molecule has 2 fully saturated rings. The van der Waals surface area contributed by atoms with E-state index in [4.69, 9.17) is 0 Å². The fraction of sp³-hybridized carbons (Fsp3) is 1.00. The van der Waals surface area contributed by atoms with E-state index in [9.17, 15) is 13.5 Å². The first-order valence-corrected chi connectivity index (χ1v) is 10.5. The summed E-state index contributed by atoms with van der Waals surface area (Å²) in [5.41, 5.74) is 0. The summed E-state index contributed by atoms with van der Waals surface area (Å²) in [6.45, 7) is 7.34. The number of thioether (sulfide) groups is 1. The van der Waals surface area contributed by atoms with Gasteiger partial charge in [0.2, 0.25) is 0 Å². The molecule has 21 heavy (non-hydrogen) atoms. The Bertz CT molecular complexity index is 413. The Balaban J connectivity index is 1.89. The Morgan fingerprint density at radius 3 is 2.67 bits per heavy atom. The number of hydrogen-bond acceptors (Lipinski definition) is 7. The standard InChI is InChI=1S/C13H27N3O3S2/c1-2-21(18,19)13-11-20-8-7-16(13)10-12(17)9-15-5-3-14-4-6-15/h12-14,17H,2-11H2,1H3. The van der Waals surface area contributed by atoms with E-state index in [-0.39, 0.29) is 5.75 Å². The van der Waals surface area contributed by atoms with E-state index in [1.165, 1.54) is 0 Å². The van der Waals surface area contributed by atoms with Crippen LogP contribution in [0.1, 0.15) is 6.92 Å². The van der Waals surface area contributed by atoms with Crippen molar-refractivity contribution in [2.45, 2.75) is 18.4 Å². The van der Waals surface area contributed by atoms with Crippen LogP contribution >= 0.6 is 11.8 Å². The molecule has 0 bridgehead atoms. The number of hydrogen-bond donors (Lipinski definition) is 2. The molecule has 0 aliphatic carbocycles. The van der Waals surface area contributed by atoms with Gasteiger partial charge in [0.15, 0.2) is 9.84 Å². The van der Waals surface area contributed by atoms with E-state index in [1.54, 1.807) is 18.7 Å². The first kappa shape index (κ1) is 17.5. The van der Waals surface area contributed by atoms with Crippen molar-refractivity contribution in [3.8, 4) is 0 Å². The van der Waals surface area contributed by atoms with Crippen molar-refractivity contribution in [3.63, 3.8) is 0 Å². The quantitative estimate of drug-likeness (QED) is 0.648. The maximum absolute atomic E-state index is 12.2. The van der Waals surface area contributed by atoms with Crippen molar-refractivity contribution in [1.29, 1.82) is 0 Å². The van der Waals surface area contributed by atoms with Crippen LogP contribution < -0.4 is 5.32 Å². The normalized spacial score (nSPS) is 27.6. The SMILES string of the molecule is CCS(=O)(=O)C1CSCCN1CC(O)CN1CCNCC1. The molecule has 0 radical (unpaired) electrons. The molecule has 0 spiro atoms. The van der Waals surface area contributed by atoms with E-state index < -0.39 is 21.3 Å². The fourth-order valence-corrected chi connectivity index (χ4v) is 5.96. The number of nitrogens with zero attached hydrogens (tertiary/aromatic N) is 2. The van der Waals surface area contributed by atoms with E-state index in [2.05, 4.69) is 10.2 Å². The Morgan fingerprint density at radius 1 is 1.29 bits per heavy atom. The molecule has 6 nitrogen and oxygen atoms in total. The number of rotatable bonds is 6. The molecule has 2 aliphatic rings. The molecule has 0 aromatic carbocycles. The molecule has 2 heterocycles. The Morgan fingerprint density at radius 2 is 2.00 bits per heavy atom. The number of piperazine rings is 1. The van der Waals surface area contributed by atoms with Crippen LogP contribution in [0.2, 0.25) is 0 Å². The molecule has 0 aromatic rings. The average Bonchev–Trinajstić information content (AvgIpc) is 2.48. The minimum Gasteiger partial charge on any atom is -0.390 e. The molecule has 2 aliphatic heterocycles. The molecule has 2 unspecified atom stereocenters. The van der Waals surface area contributed by atoms with Crippen LogP contribution in [-0.4, -0.2) is 97.9 Å². The molecule has 0 aromatic heterocycles. The molecular formula is C13H27N3O3S2.